The summed E-state index contributed by atoms with van der Waals surface area (Å²) >= 11 is 5.97. The van der Waals surface area contributed by atoms with Gasteiger partial charge in [-0.3, -0.25) is 0 Å². The van der Waals surface area contributed by atoms with Gasteiger partial charge in [-0.25, -0.2) is 9.98 Å². The minimum Gasteiger partial charge on any atom is -0.443 e. The van der Waals surface area contributed by atoms with Gasteiger partial charge in [0.1, 0.15) is 11.5 Å². The van der Waals surface area contributed by atoms with Gasteiger partial charge in [0, 0.05) is 22.5 Å². The Kier molecular flexibility index (Phi) is 7.62. The van der Waals surface area contributed by atoms with E-state index in [1.165, 1.54) is 12.1 Å². The molecular weight excluding hydrogens is 390 g/mol. The minimum atomic E-state index is -2.92. The fourth-order valence-electron chi connectivity index (χ4n) is 2.29. The van der Waals surface area contributed by atoms with Crippen molar-refractivity contribution >= 4 is 17.6 Å². The standard InChI is InChI=1S/C19H25ClF2N4O2/c1-5-23-18(26-11-16-24-10-15(28-16)19(2,3)4)25-9-12-8-13(20)6-7-14(12)27-17(21)22/h6-8,10,17H,5,9,11H2,1-4H3,(H2,23,25,26). The van der Waals surface area contributed by atoms with Crippen LogP contribution >= 0.6 is 11.6 Å². The van der Waals surface area contributed by atoms with Crippen molar-refractivity contribution in [2.24, 2.45) is 4.99 Å². The van der Waals surface area contributed by atoms with Gasteiger partial charge in [0.15, 0.2) is 5.96 Å². The second kappa shape index (κ2) is 9.73. The zero-order valence-electron chi connectivity index (χ0n) is 16.4. The number of oxazole rings is 1. The van der Waals surface area contributed by atoms with Crippen molar-refractivity contribution in [1.82, 2.24) is 15.6 Å². The maximum absolute atomic E-state index is 12.6. The molecule has 28 heavy (non-hydrogen) atoms. The lowest BCUT2D eigenvalue weighted by atomic mass is 9.94. The van der Waals surface area contributed by atoms with E-state index in [9.17, 15) is 8.78 Å². The van der Waals surface area contributed by atoms with Gasteiger partial charge in [0.25, 0.3) is 0 Å². The van der Waals surface area contributed by atoms with Gasteiger partial charge in [0.2, 0.25) is 5.89 Å². The van der Waals surface area contributed by atoms with Crippen LogP contribution in [0, 0.1) is 0 Å². The number of nitrogens with one attached hydrogen (secondary N) is 2. The Morgan fingerprint density at radius 2 is 2.07 bits per heavy atom. The van der Waals surface area contributed by atoms with Crippen LogP contribution in [0.25, 0.3) is 0 Å². The third-order valence-corrected chi connectivity index (χ3v) is 3.93. The van der Waals surface area contributed by atoms with Crippen molar-refractivity contribution in [2.75, 3.05) is 6.54 Å². The molecule has 2 rings (SSSR count). The molecule has 0 atom stereocenters. The van der Waals surface area contributed by atoms with Gasteiger partial charge in [0.05, 0.1) is 19.3 Å². The van der Waals surface area contributed by atoms with Crippen LogP contribution in [0.5, 0.6) is 5.75 Å². The van der Waals surface area contributed by atoms with Crippen molar-refractivity contribution in [3.8, 4) is 5.75 Å². The van der Waals surface area contributed by atoms with E-state index in [0.717, 1.165) is 5.76 Å². The number of aromatic nitrogens is 1. The molecule has 6 nitrogen and oxygen atoms in total. The molecule has 1 aromatic heterocycles. The molecule has 0 aliphatic carbocycles. The average molecular weight is 415 g/mol. The van der Waals surface area contributed by atoms with E-state index in [2.05, 4.69) is 25.3 Å². The lowest BCUT2D eigenvalue weighted by molar-refractivity contribution is -0.0504. The second-order valence-corrected chi connectivity index (χ2v) is 7.48. The Bertz CT molecular complexity index is 803. The van der Waals surface area contributed by atoms with Gasteiger partial charge in [-0.1, -0.05) is 32.4 Å². The number of ether oxygens (including phenoxy) is 1. The number of guanidine groups is 1. The third kappa shape index (κ3) is 6.67. The summed E-state index contributed by atoms with van der Waals surface area (Å²) in [5.74, 6) is 1.85. The zero-order chi connectivity index (χ0) is 20.7. The Morgan fingerprint density at radius 1 is 1.32 bits per heavy atom. The maximum Gasteiger partial charge on any atom is 0.387 e. The van der Waals surface area contributed by atoms with Crippen LogP contribution in [-0.2, 0) is 18.5 Å². The molecule has 0 bridgehead atoms. The van der Waals surface area contributed by atoms with Gasteiger partial charge in [-0.15, -0.1) is 0 Å². The van der Waals surface area contributed by atoms with E-state index in [0.29, 0.717) is 35.5 Å². The molecule has 0 aliphatic heterocycles. The van der Waals surface area contributed by atoms with Gasteiger partial charge in [-0.2, -0.15) is 8.78 Å². The number of benzene rings is 1. The number of hydrogen-bond donors (Lipinski definition) is 2. The fraction of sp³-hybridized carbons (Fsp3) is 0.474. The Balaban J connectivity index is 2.08. The van der Waals surface area contributed by atoms with Crippen LogP contribution in [0.2, 0.25) is 5.02 Å². The Labute approximate surface area is 168 Å². The Hall–Kier alpha value is -2.35. The number of aliphatic imine (C=N–C) groups is 1. The highest BCUT2D eigenvalue weighted by molar-refractivity contribution is 6.30. The van der Waals surface area contributed by atoms with Gasteiger partial charge in [-0.05, 0) is 25.1 Å². The molecule has 1 aromatic carbocycles. The van der Waals surface area contributed by atoms with E-state index in [-0.39, 0.29) is 17.7 Å². The van der Waals surface area contributed by atoms with E-state index < -0.39 is 6.61 Å². The van der Waals surface area contributed by atoms with Crippen LogP contribution in [0.15, 0.2) is 33.8 Å². The van der Waals surface area contributed by atoms with Crippen LogP contribution in [-0.4, -0.2) is 24.1 Å². The number of hydrogen-bond acceptors (Lipinski definition) is 4. The highest BCUT2D eigenvalue weighted by Crippen LogP contribution is 2.25. The van der Waals surface area contributed by atoms with Crippen LogP contribution in [0.4, 0.5) is 8.78 Å². The summed E-state index contributed by atoms with van der Waals surface area (Å²) in [6.45, 7) is 6.19. The molecule has 0 aliphatic rings. The zero-order valence-corrected chi connectivity index (χ0v) is 17.1. The summed E-state index contributed by atoms with van der Waals surface area (Å²) in [4.78, 5) is 8.66. The summed E-state index contributed by atoms with van der Waals surface area (Å²) < 4.78 is 35.4. The molecule has 0 spiro atoms. The van der Waals surface area contributed by atoms with E-state index in [4.69, 9.17) is 16.0 Å². The predicted molar refractivity (Wildman–Crippen MR) is 105 cm³/mol. The molecule has 1 heterocycles. The molecule has 2 aromatic rings. The van der Waals surface area contributed by atoms with Gasteiger partial charge < -0.3 is 19.8 Å². The molecular formula is C19H25ClF2N4O2. The summed E-state index contributed by atoms with van der Waals surface area (Å²) in [6.07, 6.45) is 1.71. The topological polar surface area (TPSA) is 71.7 Å². The molecule has 2 N–H and O–H groups in total. The highest BCUT2D eigenvalue weighted by atomic mass is 35.5. The van der Waals surface area contributed by atoms with E-state index in [1.54, 1.807) is 12.3 Å². The average Bonchev–Trinajstić information content (AvgIpc) is 3.08. The molecule has 0 saturated carbocycles. The number of nitrogens with zero attached hydrogens (tertiary/aromatic N) is 2. The van der Waals surface area contributed by atoms with Crippen molar-refractivity contribution in [2.45, 2.75) is 52.8 Å². The molecule has 0 amide bonds. The molecule has 0 saturated heterocycles. The first-order chi connectivity index (χ1) is 13.2. The predicted octanol–water partition coefficient (Wildman–Crippen LogP) is 4.48. The molecule has 154 valence electrons. The molecule has 0 radical (unpaired) electrons. The minimum absolute atomic E-state index is 0.0431. The summed E-state index contributed by atoms with van der Waals surface area (Å²) in [7, 11) is 0. The molecule has 0 unspecified atom stereocenters. The largest absolute Gasteiger partial charge is 0.443 e. The summed E-state index contributed by atoms with van der Waals surface area (Å²) in [5.41, 5.74) is 0.327. The first-order valence-corrected chi connectivity index (χ1v) is 9.27. The maximum atomic E-state index is 12.6. The van der Waals surface area contributed by atoms with Crippen molar-refractivity contribution in [1.29, 1.82) is 0 Å². The fourth-order valence-corrected chi connectivity index (χ4v) is 2.48. The second-order valence-electron chi connectivity index (χ2n) is 7.05. The highest BCUT2D eigenvalue weighted by Gasteiger charge is 2.19. The number of alkyl halides is 2. The van der Waals surface area contributed by atoms with E-state index in [1.807, 2.05) is 27.7 Å². The Morgan fingerprint density at radius 3 is 2.68 bits per heavy atom. The molecule has 0 fully saturated rings. The monoisotopic (exact) mass is 414 g/mol. The smallest absolute Gasteiger partial charge is 0.387 e. The first kappa shape index (κ1) is 21.9. The summed E-state index contributed by atoms with van der Waals surface area (Å²) in [6, 6.07) is 4.45. The summed E-state index contributed by atoms with van der Waals surface area (Å²) in [5, 5.41) is 6.61. The number of halogens is 3. The number of rotatable bonds is 7. The van der Waals surface area contributed by atoms with Crippen LogP contribution in [0.1, 0.15) is 44.9 Å². The quantitative estimate of drug-likeness (QED) is 0.516. The first-order valence-electron chi connectivity index (χ1n) is 8.89. The lowest BCUT2D eigenvalue weighted by Gasteiger charge is -2.14. The van der Waals surface area contributed by atoms with Crippen molar-refractivity contribution in [3.63, 3.8) is 0 Å². The van der Waals surface area contributed by atoms with Crippen LogP contribution in [0.3, 0.4) is 0 Å². The lowest BCUT2D eigenvalue weighted by Crippen LogP contribution is -2.36. The molecule has 9 heteroatoms. The van der Waals surface area contributed by atoms with Crippen LogP contribution < -0.4 is 15.4 Å². The normalized spacial score (nSPS) is 12.4. The van der Waals surface area contributed by atoms with Crippen molar-refractivity contribution in [3.05, 3.63) is 46.6 Å². The third-order valence-electron chi connectivity index (χ3n) is 3.69. The SMILES string of the molecule is CCNC(=NCc1cc(Cl)ccc1OC(F)F)NCc1ncc(C(C)(C)C)o1. The van der Waals surface area contributed by atoms with E-state index >= 15 is 0 Å². The van der Waals surface area contributed by atoms with Crippen molar-refractivity contribution < 1.29 is 17.9 Å². The van der Waals surface area contributed by atoms with Gasteiger partial charge >= 0.3 is 6.61 Å².